The molecule has 1 spiro atoms. The Morgan fingerprint density at radius 1 is 1.35 bits per heavy atom. The van der Waals surface area contributed by atoms with E-state index in [1.807, 2.05) is 0 Å². The fourth-order valence-corrected chi connectivity index (χ4v) is 3.86. The molecule has 1 aliphatic carbocycles. The molecule has 0 radical (unpaired) electrons. The van der Waals surface area contributed by atoms with Crippen molar-refractivity contribution in [2.24, 2.45) is 5.92 Å². The van der Waals surface area contributed by atoms with Crippen molar-refractivity contribution < 1.29 is 14.2 Å². The monoisotopic (exact) mass is 298 g/mol. The molecule has 2 aliphatic rings. The van der Waals surface area contributed by atoms with E-state index in [1.165, 1.54) is 18.9 Å². The quantitative estimate of drug-likeness (QED) is 0.884. The highest BCUT2D eigenvalue weighted by Gasteiger charge is 2.42. The first kappa shape index (κ1) is 14.3. The van der Waals surface area contributed by atoms with Gasteiger partial charge in [0.1, 0.15) is 5.82 Å². The maximum absolute atomic E-state index is 13.9. The highest BCUT2D eigenvalue weighted by molar-refractivity contribution is 6.30. The van der Waals surface area contributed by atoms with E-state index in [1.54, 1.807) is 12.1 Å². The molecule has 0 aromatic heterocycles. The van der Waals surface area contributed by atoms with Gasteiger partial charge in [0.15, 0.2) is 0 Å². The lowest BCUT2D eigenvalue weighted by Gasteiger charge is -2.40. The van der Waals surface area contributed by atoms with Crippen LogP contribution in [0.25, 0.3) is 0 Å². The highest BCUT2D eigenvalue weighted by atomic mass is 35.5. The zero-order valence-electron chi connectivity index (χ0n) is 11.4. The van der Waals surface area contributed by atoms with Crippen molar-refractivity contribution in [2.75, 3.05) is 6.61 Å². The van der Waals surface area contributed by atoms with Gasteiger partial charge in [-0.3, -0.25) is 0 Å². The average Bonchev–Trinajstić information content (AvgIpc) is 2.86. The van der Waals surface area contributed by atoms with Gasteiger partial charge in [0.25, 0.3) is 0 Å². The Balaban J connectivity index is 1.77. The molecule has 1 saturated carbocycles. The second-order valence-corrected chi connectivity index (χ2v) is 6.54. The van der Waals surface area contributed by atoms with Crippen LogP contribution in [-0.4, -0.2) is 17.3 Å². The van der Waals surface area contributed by atoms with Gasteiger partial charge in [-0.1, -0.05) is 30.5 Å². The lowest BCUT2D eigenvalue weighted by molar-refractivity contribution is -0.113. The van der Waals surface area contributed by atoms with Crippen LogP contribution in [0.3, 0.4) is 0 Å². The minimum atomic E-state index is -0.770. The summed E-state index contributed by atoms with van der Waals surface area (Å²) in [5.41, 5.74) is 0.293. The molecule has 1 aromatic rings. The van der Waals surface area contributed by atoms with Crippen LogP contribution >= 0.6 is 11.6 Å². The molecule has 110 valence electrons. The highest BCUT2D eigenvalue weighted by Crippen LogP contribution is 2.45. The van der Waals surface area contributed by atoms with Crippen molar-refractivity contribution in [2.45, 2.75) is 50.2 Å². The van der Waals surface area contributed by atoms with Crippen molar-refractivity contribution in [3.8, 4) is 0 Å². The molecular weight excluding hydrogens is 279 g/mol. The maximum atomic E-state index is 13.9. The van der Waals surface area contributed by atoms with Crippen LogP contribution in [0.4, 0.5) is 4.39 Å². The molecule has 0 bridgehead atoms. The van der Waals surface area contributed by atoms with Crippen LogP contribution in [0.2, 0.25) is 5.02 Å². The fourth-order valence-electron chi connectivity index (χ4n) is 3.70. The number of ether oxygens (including phenoxy) is 1. The van der Waals surface area contributed by atoms with Crippen LogP contribution in [0.15, 0.2) is 18.2 Å². The van der Waals surface area contributed by atoms with E-state index in [4.69, 9.17) is 16.3 Å². The van der Waals surface area contributed by atoms with Gasteiger partial charge in [0, 0.05) is 17.2 Å². The largest absolute Gasteiger partial charge is 0.388 e. The minimum Gasteiger partial charge on any atom is -0.388 e. The molecule has 2 atom stereocenters. The van der Waals surface area contributed by atoms with Gasteiger partial charge in [-0.25, -0.2) is 4.39 Å². The first-order chi connectivity index (χ1) is 9.60. The Hall–Kier alpha value is -0.640. The SMILES string of the molecule is OC(c1ccc(Cl)cc1F)C1CCOC2(CCCC2)C1. The molecule has 0 amide bonds. The molecule has 2 nitrogen and oxygen atoms in total. The molecule has 1 heterocycles. The summed E-state index contributed by atoms with van der Waals surface area (Å²) in [5.74, 6) is -0.352. The summed E-state index contributed by atoms with van der Waals surface area (Å²) in [6, 6.07) is 4.50. The molecule has 3 rings (SSSR count). The Morgan fingerprint density at radius 2 is 2.10 bits per heavy atom. The predicted molar refractivity (Wildman–Crippen MR) is 76.2 cm³/mol. The summed E-state index contributed by atoms with van der Waals surface area (Å²) in [6.45, 7) is 0.664. The zero-order chi connectivity index (χ0) is 14.2. The Kier molecular flexibility index (Phi) is 4.02. The first-order valence-electron chi connectivity index (χ1n) is 7.37. The van der Waals surface area contributed by atoms with Gasteiger partial charge in [-0.2, -0.15) is 0 Å². The number of rotatable bonds is 2. The van der Waals surface area contributed by atoms with Crippen molar-refractivity contribution in [3.63, 3.8) is 0 Å². The molecule has 1 saturated heterocycles. The second kappa shape index (κ2) is 5.63. The van der Waals surface area contributed by atoms with E-state index in [0.717, 1.165) is 25.7 Å². The Labute approximate surface area is 123 Å². The summed E-state index contributed by atoms with van der Waals surface area (Å²) < 4.78 is 19.9. The number of hydrogen-bond donors (Lipinski definition) is 1. The fraction of sp³-hybridized carbons (Fsp3) is 0.625. The maximum Gasteiger partial charge on any atom is 0.130 e. The molecule has 2 fully saturated rings. The molecule has 2 unspecified atom stereocenters. The smallest absolute Gasteiger partial charge is 0.130 e. The number of benzene rings is 1. The van der Waals surface area contributed by atoms with Crippen molar-refractivity contribution in [1.29, 1.82) is 0 Å². The molecule has 20 heavy (non-hydrogen) atoms. The summed E-state index contributed by atoms with van der Waals surface area (Å²) in [4.78, 5) is 0. The zero-order valence-corrected chi connectivity index (χ0v) is 12.2. The molecular formula is C16H20ClFO2. The number of hydrogen-bond acceptors (Lipinski definition) is 2. The van der Waals surface area contributed by atoms with Gasteiger partial charge < -0.3 is 9.84 Å². The third kappa shape index (κ3) is 2.72. The Bertz CT molecular complexity index is 485. The van der Waals surface area contributed by atoms with Gasteiger partial charge in [-0.05, 0) is 43.7 Å². The van der Waals surface area contributed by atoms with Crippen LogP contribution in [0.5, 0.6) is 0 Å². The van der Waals surface area contributed by atoms with Crippen molar-refractivity contribution >= 4 is 11.6 Å². The van der Waals surface area contributed by atoms with Gasteiger partial charge in [0.05, 0.1) is 11.7 Å². The number of halogens is 2. The van der Waals surface area contributed by atoms with Crippen LogP contribution < -0.4 is 0 Å². The van der Waals surface area contributed by atoms with Gasteiger partial charge >= 0.3 is 0 Å². The van der Waals surface area contributed by atoms with E-state index in [2.05, 4.69) is 0 Å². The second-order valence-electron chi connectivity index (χ2n) is 6.10. The summed E-state index contributed by atoms with van der Waals surface area (Å²) in [7, 11) is 0. The number of aliphatic hydroxyl groups excluding tert-OH is 1. The summed E-state index contributed by atoms with van der Waals surface area (Å²) >= 11 is 5.76. The molecule has 1 aromatic carbocycles. The predicted octanol–water partition coefficient (Wildman–Crippen LogP) is 4.25. The topological polar surface area (TPSA) is 29.5 Å². The van der Waals surface area contributed by atoms with E-state index < -0.39 is 11.9 Å². The molecule has 1 N–H and O–H groups in total. The van der Waals surface area contributed by atoms with E-state index >= 15 is 0 Å². The molecule has 4 heteroatoms. The summed E-state index contributed by atoms with van der Waals surface area (Å²) in [5, 5.41) is 10.9. The minimum absolute atomic E-state index is 0.0627. The van der Waals surface area contributed by atoms with Crippen molar-refractivity contribution in [1.82, 2.24) is 0 Å². The standard InChI is InChI=1S/C16H20ClFO2/c17-12-3-4-13(14(18)9-12)15(19)11-5-8-20-16(10-11)6-1-2-7-16/h3-4,9,11,15,19H,1-2,5-8,10H2. The van der Waals surface area contributed by atoms with Gasteiger partial charge in [-0.15, -0.1) is 0 Å². The number of aliphatic hydroxyl groups is 1. The van der Waals surface area contributed by atoms with Crippen LogP contribution in [0, 0.1) is 11.7 Å². The van der Waals surface area contributed by atoms with Crippen LogP contribution in [-0.2, 0) is 4.74 Å². The lowest BCUT2D eigenvalue weighted by atomic mass is 9.80. The summed E-state index contributed by atoms with van der Waals surface area (Å²) in [6.07, 6.45) is 5.37. The third-order valence-electron chi connectivity index (χ3n) is 4.77. The lowest BCUT2D eigenvalue weighted by Crippen LogP contribution is -2.39. The van der Waals surface area contributed by atoms with E-state index in [9.17, 15) is 9.50 Å². The Morgan fingerprint density at radius 3 is 2.80 bits per heavy atom. The van der Waals surface area contributed by atoms with Crippen molar-refractivity contribution in [3.05, 3.63) is 34.6 Å². The van der Waals surface area contributed by atoms with E-state index in [-0.39, 0.29) is 11.5 Å². The third-order valence-corrected chi connectivity index (χ3v) is 5.01. The van der Waals surface area contributed by atoms with Gasteiger partial charge in [0.2, 0.25) is 0 Å². The van der Waals surface area contributed by atoms with Crippen LogP contribution in [0.1, 0.15) is 50.2 Å². The average molecular weight is 299 g/mol. The van der Waals surface area contributed by atoms with E-state index in [0.29, 0.717) is 17.2 Å². The normalized spacial score (nSPS) is 26.9. The first-order valence-corrected chi connectivity index (χ1v) is 7.74. The molecule has 1 aliphatic heterocycles.